The average Bonchev–Trinajstić information content (AvgIpc) is 2.31. The fourth-order valence-corrected chi connectivity index (χ4v) is 1.63. The topological polar surface area (TPSA) is 55.6 Å². The summed E-state index contributed by atoms with van der Waals surface area (Å²) in [6.45, 7) is 4.39. The lowest BCUT2D eigenvalue weighted by molar-refractivity contribution is -0.118. The molecule has 0 aliphatic rings. The molecule has 0 fully saturated rings. The molecule has 4 nitrogen and oxygen atoms in total. The number of anilines is 1. The van der Waals surface area contributed by atoms with Crippen LogP contribution in [0.2, 0.25) is 0 Å². The number of methoxy groups -OCH3 is 1. The van der Waals surface area contributed by atoms with Crippen LogP contribution in [0.3, 0.4) is 0 Å². The molecule has 0 aliphatic carbocycles. The molecule has 0 spiro atoms. The van der Waals surface area contributed by atoms with Gasteiger partial charge in [0.1, 0.15) is 5.75 Å². The van der Waals surface area contributed by atoms with Crippen LogP contribution in [-0.4, -0.2) is 26.6 Å². The van der Waals surface area contributed by atoms with Gasteiger partial charge < -0.3 is 15.4 Å². The zero-order chi connectivity index (χ0) is 13.0. The molecule has 0 saturated heterocycles. The minimum absolute atomic E-state index is 0.00551. The van der Waals surface area contributed by atoms with Crippen molar-refractivity contribution in [3.8, 4) is 5.75 Å². The Morgan fingerprint density at radius 1 is 1.35 bits per heavy atom. The molecular weight excluding hydrogens is 216 g/mol. The van der Waals surface area contributed by atoms with Crippen molar-refractivity contribution in [3.05, 3.63) is 23.3 Å². The molecule has 0 bridgehead atoms. The minimum atomic E-state index is -0.00551. The van der Waals surface area contributed by atoms with Crippen molar-refractivity contribution in [2.75, 3.05) is 25.6 Å². The van der Waals surface area contributed by atoms with E-state index in [0.29, 0.717) is 18.7 Å². The summed E-state index contributed by atoms with van der Waals surface area (Å²) in [5, 5.41) is 0. The van der Waals surface area contributed by atoms with Gasteiger partial charge in [-0.1, -0.05) is 0 Å². The summed E-state index contributed by atoms with van der Waals surface area (Å²) in [6, 6.07) is 3.90. The molecule has 0 saturated carbocycles. The molecule has 1 amide bonds. The zero-order valence-electron chi connectivity index (χ0n) is 10.9. The molecule has 1 aromatic carbocycles. The van der Waals surface area contributed by atoms with Crippen LogP contribution in [0.5, 0.6) is 5.75 Å². The smallest absolute Gasteiger partial charge is 0.228 e. The van der Waals surface area contributed by atoms with Crippen molar-refractivity contribution in [3.63, 3.8) is 0 Å². The maximum Gasteiger partial charge on any atom is 0.228 e. The fraction of sp³-hybridized carbons (Fsp3) is 0.462. The lowest BCUT2D eigenvalue weighted by Gasteiger charge is -2.21. The van der Waals surface area contributed by atoms with Crippen molar-refractivity contribution in [2.45, 2.75) is 20.3 Å². The van der Waals surface area contributed by atoms with Gasteiger partial charge in [0.15, 0.2) is 0 Å². The second-order valence-corrected chi connectivity index (χ2v) is 4.10. The Hall–Kier alpha value is -1.55. The van der Waals surface area contributed by atoms with Crippen LogP contribution in [0.15, 0.2) is 12.1 Å². The lowest BCUT2D eigenvalue weighted by atomic mass is 10.1. The van der Waals surface area contributed by atoms with E-state index in [1.54, 1.807) is 19.1 Å². The van der Waals surface area contributed by atoms with Crippen LogP contribution in [0.25, 0.3) is 0 Å². The van der Waals surface area contributed by atoms with Crippen LogP contribution in [0.4, 0.5) is 5.69 Å². The van der Waals surface area contributed by atoms with Gasteiger partial charge in [-0.05, 0) is 37.1 Å². The van der Waals surface area contributed by atoms with Gasteiger partial charge in [0.25, 0.3) is 0 Å². The van der Waals surface area contributed by atoms with E-state index >= 15 is 0 Å². The quantitative estimate of drug-likeness (QED) is 0.864. The maximum atomic E-state index is 11.8. The average molecular weight is 236 g/mol. The standard InChI is InChI=1S/C13H20N2O2/c1-9-7-11(12(17-4)8-10(9)2)15(3)13(16)5-6-14/h7-8H,5-6,14H2,1-4H3. The van der Waals surface area contributed by atoms with E-state index < -0.39 is 0 Å². The normalized spacial score (nSPS) is 10.2. The van der Waals surface area contributed by atoms with Crippen LogP contribution in [0, 0.1) is 13.8 Å². The Morgan fingerprint density at radius 2 is 1.94 bits per heavy atom. The highest BCUT2D eigenvalue weighted by Gasteiger charge is 2.15. The Balaban J connectivity index is 3.11. The Kier molecular flexibility index (Phi) is 4.52. The van der Waals surface area contributed by atoms with Gasteiger partial charge >= 0.3 is 0 Å². The molecule has 0 heterocycles. The molecule has 0 atom stereocenters. The summed E-state index contributed by atoms with van der Waals surface area (Å²) in [6.07, 6.45) is 0.340. The number of amides is 1. The summed E-state index contributed by atoms with van der Waals surface area (Å²) in [7, 11) is 3.35. The van der Waals surface area contributed by atoms with E-state index in [1.165, 1.54) is 0 Å². The first-order valence-corrected chi connectivity index (χ1v) is 5.63. The van der Waals surface area contributed by atoms with Crippen molar-refractivity contribution in [1.82, 2.24) is 0 Å². The number of nitrogens with zero attached hydrogens (tertiary/aromatic N) is 1. The van der Waals surface area contributed by atoms with E-state index in [0.717, 1.165) is 16.8 Å². The van der Waals surface area contributed by atoms with E-state index in [4.69, 9.17) is 10.5 Å². The van der Waals surface area contributed by atoms with Gasteiger partial charge in [-0.15, -0.1) is 0 Å². The SMILES string of the molecule is COc1cc(C)c(C)cc1N(C)C(=O)CCN. The predicted molar refractivity (Wildman–Crippen MR) is 69.5 cm³/mol. The van der Waals surface area contributed by atoms with Gasteiger partial charge in [0.2, 0.25) is 5.91 Å². The lowest BCUT2D eigenvalue weighted by Crippen LogP contribution is -2.28. The maximum absolute atomic E-state index is 11.8. The number of hydrogen-bond acceptors (Lipinski definition) is 3. The highest BCUT2D eigenvalue weighted by molar-refractivity contribution is 5.94. The third-order valence-corrected chi connectivity index (χ3v) is 2.89. The fourth-order valence-electron chi connectivity index (χ4n) is 1.63. The molecule has 2 N–H and O–H groups in total. The molecule has 94 valence electrons. The van der Waals surface area contributed by atoms with Gasteiger partial charge in [-0.25, -0.2) is 0 Å². The predicted octanol–water partition coefficient (Wildman–Crippen LogP) is 1.62. The molecule has 1 aromatic rings. The Morgan fingerprint density at radius 3 is 2.47 bits per heavy atom. The van der Waals surface area contributed by atoms with Crippen LogP contribution >= 0.6 is 0 Å². The first-order valence-electron chi connectivity index (χ1n) is 5.63. The number of carbonyl (C=O) groups is 1. The number of ether oxygens (including phenoxy) is 1. The highest BCUT2D eigenvalue weighted by atomic mass is 16.5. The first kappa shape index (κ1) is 13.5. The third kappa shape index (κ3) is 2.97. The highest BCUT2D eigenvalue weighted by Crippen LogP contribution is 2.30. The summed E-state index contributed by atoms with van der Waals surface area (Å²) in [5.74, 6) is 0.704. The molecule has 0 unspecified atom stereocenters. The van der Waals surface area contributed by atoms with Gasteiger partial charge in [-0.2, -0.15) is 0 Å². The van der Waals surface area contributed by atoms with E-state index in [2.05, 4.69) is 0 Å². The molecule has 4 heteroatoms. The number of hydrogen-bond donors (Lipinski definition) is 1. The molecule has 1 rings (SSSR count). The van der Waals surface area contributed by atoms with Crippen molar-refractivity contribution < 1.29 is 9.53 Å². The molecule has 17 heavy (non-hydrogen) atoms. The van der Waals surface area contributed by atoms with Crippen LogP contribution < -0.4 is 15.4 Å². The van der Waals surface area contributed by atoms with Crippen LogP contribution in [0.1, 0.15) is 17.5 Å². The second kappa shape index (κ2) is 5.68. The largest absolute Gasteiger partial charge is 0.495 e. The Labute approximate surface area is 102 Å². The summed E-state index contributed by atoms with van der Waals surface area (Å²) < 4.78 is 5.31. The second-order valence-electron chi connectivity index (χ2n) is 4.10. The molecule has 0 radical (unpaired) electrons. The summed E-state index contributed by atoms with van der Waals surface area (Å²) in [5.41, 5.74) is 8.45. The number of nitrogens with two attached hydrogens (primary N) is 1. The first-order chi connectivity index (χ1) is 8.01. The van der Waals surface area contributed by atoms with E-state index in [9.17, 15) is 4.79 Å². The van der Waals surface area contributed by atoms with E-state index in [1.807, 2.05) is 26.0 Å². The number of benzene rings is 1. The van der Waals surface area contributed by atoms with E-state index in [-0.39, 0.29) is 5.91 Å². The number of aryl methyl sites for hydroxylation is 2. The van der Waals surface area contributed by atoms with Gasteiger partial charge in [-0.3, -0.25) is 4.79 Å². The number of carbonyl (C=O) groups excluding carboxylic acids is 1. The van der Waals surface area contributed by atoms with Crippen molar-refractivity contribution >= 4 is 11.6 Å². The van der Waals surface area contributed by atoms with Gasteiger partial charge in [0, 0.05) is 20.0 Å². The monoisotopic (exact) mass is 236 g/mol. The number of rotatable bonds is 4. The van der Waals surface area contributed by atoms with Crippen LogP contribution in [-0.2, 0) is 4.79 Å². The molecule has 0 aromatic heterocycles. The molecule has 0 aliphatic heterocycles. The summed E-state index contributed by atoms with van der Waals surface area (Å²) >= 11 is 0. The summed E-state index contributed by atoms with van der Waals surface area (Å²) in [4.78, 5) is 13.4. The van der Waals surface area contributed by atoms with Gasteiger partial charge in [0.05, 0.1) is 12.8 Å². The third-order valence-electron chi connectivity index (χ3n) is 2.89. The van der Waals surface area contributed by atoms with Crippen molar-refractivity contribution in [2.24, 2.45) is 5.73 Å². The van der Waals surface area contributed by atoms with Crippen molar-refractivity contribution in [1.29, 1.82) is 0 Å². The zero-order valence-corrected chi connectivity index (χ0v) is 10.9. The minimum Gasteiger partial charge on any atom is -0.495 e. The Bertz CT molecular complexity index is 416. The molecular formula is C13H20N2O2.